The van der Waals surface area contributed by atoms with Crippen LogP contribution in [0.15, 0.2) is 0 Å². The summed E-state index contributed by atoms with van der Waals surface area (Å²) in [6.45, 7) is 0.360. The number of aliphatic carboxylic acids is 1. The Morgan fingerprint density at radius 3 is 2.50 bits per heavy atom. The summed E-state index contributed by atoms with van der Waals surface area (Å²) in [5.41, 5.74) is 5.19. The molecule has 0 saturated carbocycles. The molecule has 0 radical (unpaired) electrons. The van der Waals surface area contributed by atoms with Gasteiger partial charge in [0.15, 0.2) is 6.61 Å². The molecular formula is C7H12N2O5. The van der Waals surface area contributed by atoms with Gasteiger partial charge < -0.3 is 20.9 Å². The van der Waals surface area contributed by atoms with Gasteiger partial charge in [0, 0.05) is 0 Å². The minimum atomic E-state index is -1.25. The number of hydrogen-bond acceptors (Lipinski definition) is 5. The molecule has 7 nitrogen and oxygen atoms in total. The second kappa shape index (κ2) is 5.92. The summed E-state index contributed by atoms with van der Waals surface area (Å²) in [5, 5.41) is 10.3. The van der Waals surface area contributed by atoms with Crippen LogP contribution in [0.4, 0.5) is 0 Å². The highest BCUT2D eigenvalue weighted by atomic mass is 16.5. The number of amides is 1. The summed E-state index contributed by atoms with van der Waals surface area (Å²) in [7, 11) is 0. The Morgan fingerprint density at radius 1 is 1.50 bits per heavy atom. The number of rotatable bonds is 5. The van der Waals surface area contributed by atoms with Crippen LogP contribution in [0.3, 0.4) is 0 Å². The van der Waals surface area contributed by atoms with Gasteiger partial charge in [-0.2, -0.15) is 0 Å². The summed E-state index contributed by atoms with van der Waals surface area (Å²) in [6, 6.07) is -0.720. The third-order valence-electron chi connectivity index (χ3n) is 1.18. The van der Waals surface area contributed by atoms with E-state index in [1.165, 1.54) is 6.92 Å². The van der Waals surface area contributed by atoms with Gasteiger partial charge in [0.05, 0.1) is 6.04 Å². The summed E-state index contributed by atoms with van der Waals surface area (Å²) >= 11 is 0. The van der Waals surface area contributed by atoms with Crippen LogP contribution in [0, 0.1) is 0 Å². The normalized spacial score (nSPS) is 11.6. The van der Waals surface area contributed by atoms with Crippen molar-refractivity contribution >= 4 is 17.8 Å². The predicted octanol–water partition coefficient (Wildman–Crippen LogP) is -1.92. The van der Waals surface area contributed by atoms with E-state index in [4.69, 9.17) is 10.8 Å². The maximum Gasteiger partial charge on any atom is 0.341 e. The van der Waals surface area contributed by atoms with Crippen molar-refractivity contribution < 1.29 is 24.2 Å². The zero-order valence-corrected chi connectivity index (χ0v) is 7.65. The quantitative estimate of drug-likeness (QED) is 0.449. The second-order valence-corrected chi connectivity index (χ2v) is 2.56. The number of hydrogen-bond donors (Lipinski definition) is 3. The van der Waals surface area contributed by atoms with Crippen LogP contribution >= 0.6 is 0 Å². The van der Waals surface area contributed by atoms with E-state index in [0.717, 1.165) is 0 Å². The molecular weight excluding hydrogens is 192 g/mol. The van der Waals surface area contributed by atoms with Gasteiger partial charge in [0.2, 0.25) is 5.91 Å². The zero-order valence-electron chi connectivity index (χ0n) is 7.65. The molecule has 0 heterocycles. The fourth-order valence-corrected chi connectivity index (χ4v) is 0.514. The Kier molecular flexibility index (Phi) is 5.23. The average Bonchev–Trinajstić information content (AvgIpc) is 2.10. The molecule has 1 atom stereocenters. The Balaban J connectivity index is 3.64. The SMILES string of the molecule is CC(N)C(=O)NCC(=O)OCC(=O)O. The van der Waals surface area contributed by atoms with Gasteiger partial charge in [0.1, 0.15) is 6.54 Å². The lowest BCUT2D eigenvalue weighted by molar-refractivity contribution is -0.154. The molecule has 0 spiro atoms. The maximum absolute atomic E-state index is 10.8. The molecule has 0 aromatic carbocycles. The van der Waals surface area contributed by atoms with Gasteiger partial charge in [-0.25, -0.2) is 4.79 Å². The maximum atomic E-state index is 10.8. The first-order valence-corrected chi connectivity index (χ1v) is 3.84. The van der Waals surface area contributed by atoms with E-state index in [2.05, 4.69) is 10.1 Å². The van der Waals surface area contributed by atoms with E-state index in [1.54, 1.807) is 0 Å². The molecule has 0 aromatic heterocycles. The molecule has 0 bridgehead atoms. The van der Waals surface area contributed by atoms with Crippen LogP contribution < -0.4 is 11.1 Å². The summed E-state index contributed by atoms with van der Waals surface area (Å²) < 4.78 is 4.24. The van der Waals surface area contributed by atoms with Gasteiger partial charge in [-0.3, -0.25) is 9.59 Å². The average molecular weight is 204 g/mol. The van der Waals surface area contributed by atoms with Gasteiger partial charge in [-0.15, -0.1) is 0 Å². The molecule has 1 unspecified atom stereocenters. The molecule has 7 heteroatoms. The topological polar surface area (TPSA) is 119 Å². The minimum absolute atomic E-state index is 0.381. The van der Waals surface area contributed by atoms with E-state index in [9.17, 15) is 14.4 Å². The molecule has 1 amide bonds. The van der Waals surface area contributed by atoms with Crippen LogP contribution in [-0.4, -0.2) is 42.1 Å². The van der Waals surface area contributed by atoms with Gasteiger partial charge >= 0.3 is 11.9 Å². The first-order chi connectivity index (χ1) is 6.43. The van der Waals surface area contributed by atoms with Crippen molar-refractivity contribution in [3.63, 3.8) is 0 Å². The van der Waals surface area contributed by atoms with Gasteiger partial charge in [-0.1, -0.05) is 0 Å². The molecule has 14 heavy (non-hydrogen) atoms. The molecule has 4 N–H and O–H groups in total. The van der Waals surface area contributed by atoms with Gasteiger partial charge in [0.25, 0.3) is 0 Å². The number of nitrogens with two attached hydrogens (primary N) is 1. The number of carbonyl (C=O) groups excluding carboxylic acids is 2. The number of ether oxygens (including phenoxy) is 1. The van der Waals surface area contributed by atoms with E-state index < -0.39 is 30.5 Å². The van der Waals surface area contributed by atoms with Crippen LogP contribution in [0.2, 0.25) is 0 Å². The molecule has 0 aliphatic carbocycles. The van der Waals surface area contributed by atoms with Crippen molar-refractivity contribution in [1.29, 1.82) is 0 Å². The molecule has 0 saturated heterocycles. The van der Waals surface area contributed by atoms with Crippen molar-refractivity contribution in [3.8, 4) is 0 Å². The predicted molar refractivity (Wildman–Crippen MR) is 45.3 cm³/mol. The zero-order chi connectivity index (χ0) is 11.1. The van der Waals surface area contributed by atoms with E-state index in [0.29, 0.717) is 0 Å². The Labute approximate surface area is 80.2 Å². The largest absolute Gasteiger partial charge is 0.479 e. The van der Waals surface area contributed by atoms with Crippen molar-refractivity contribution in [3.05, 3.63) is 0 Å². The number of carbonyl (C=O) groups is 3. The lowest BCUT2D eigenvalue weighted by atomic mass is 10.3. The number of carboxylic acid groups (broad SMARTS) is 1. The van der Waals surface area contributed by atoms with Crippen molar-refractivity contribution in [1.82, 2.24) is 5.32 Å². The molecule has 80 valence electrons. The lowest BCUT2D eigenvalue weighted by Gasteiger charge is -2.06. The Bertz CT molecular complexity index is 238. The van der Waals surface area contributed by atoms with E-state index in [1.807, 2.05) is 0 Å². The summed E-state index contributed by atoms with van der Waals surface area (Å²) in [4.78, 5) is 31.5. The molecule has 0 rings (SSSR count). The number of nitrogens with one attached hydrogen (secondary N) is 1. The van der Waals surface area contributed by atoms with Crippen LogP contribution in [0.25, 0.3) is 0 Å². The van der Waals surface area contributed by atoms with E-state index in [-0.39, 0.29) is 6.54 Å². The minimum Gasteiger partial charge on any atom is -0.479 e. The van der Waals surface area contributed by atoms with Crippen LogP contribution in [0.1, 0.15) is 6.92 Å². The molecule has 0 aromatic rings. The smallest absolute Gasteiger partial charge is 0.341 e. The lowest BCUT2D eigenvalue weighted by Crippen LogP contribution is -2.41. The summed E-state index contributed by atoms with van der Waals surface area (Å²) in [5.74, 6) is -2.57. The van der Waals surface area contributed by atoms with Crippen molar-refractivity contribution in [2.75, 3.05) is 13.2 Å². The third-order valence-corrected chi connectivity index (χ3v) is 1.18. The summed E-state index contributed by atoms with van der Waals surface area (Å²) in [6.07, 6.45) is 0. The highest BCUT2D eigenvalue weighted by molar-refractivity contribution is 5.85. The highest BCUT2D eigenvalue weighted by Gasteiger charge is 2.10. The second-order valence-electron chi connectivity index (χ2n) is 2.56. The standard InChI is InChI=1S/C7H12N2O5/c1-4(8)7(13)9-2-6(12)14-3-5(10)11/h4H,2-3,8H2,1H3,(H,9,13)(H,10,11). The van der Waals surface area contributed by atoms with Crippen LogP contribution in [0.5, 0.6) is 0 Å². The van der Waals surface area contributed by atoms with E-state index >= 15 is 0 Å². The monoisotopic (exact) mass is 204 g/mol. The van der Waals surface area contributed by atoms with Crippen molar-refractivity contribution in [2.24, 2.45) is 5.73 Å². The first kappa shape index (κ1) is 12.4. The van der Waals surface area contributed by atoms with Crippen molar-refractivity contribution in [2.45, 2.75) is 13.0 Å². The number of esters is 1. The Morgan fingerprint density at radius 2 is 2.07 bits per heavy atom. The molecule has 0 aliphatic rings. The number of carboxylic acids is 1. The van der Waals surface area contributed by atoms with Crippen LogP contribution in [-0.2, 0) is 19.1 Å². The third kappa shape index (κ3) is 5.95. The fourth-order valence-electron chi connectivity index (χ4n) is 0.514. The van der Waals surface area contributed by atoms with Gasteiger partial charge in [-0.05, 0) is 6.92 Å². The first-order valence-electron chi connectivity index (χ1n) is 3.84. The molecule has 0 aliphatic heterocycles. The fraction of sp³-hybridized carbons (Fsp3) is 0.571. The Hall–Kier alpha value is -1.63. The molecule has 0 fully saturated rings. The highest BCUT2D eigenvalue weighted by Crippen LogP contribution is 1.79.